The summed E-state index contributed by atoms with van der Waals surface area (Å²) in [6.45, 7) is 2.20. The van der Waals surface area contributed by atoms with E-state index in [1.165, 1.54) is 4.90 Å². The summed E-state index contributed by atoms with van der Waals surface area (Å²) in [4.78, 5) is 32.5. The van der Waals surface area contributed by atoms with Gasteiger partial charge in [-0.25, -0.2) is 4.98 Å². The van der Waals surface area contributed by atoms with Crippen molar-refractivity contribution >= 4 is 46.3 Å². The number of nitrogens with zero attached hydrogens (tertiary/aromatic N) is 2. The molecule has 0 radical (unpaired) electrons. The van der Waals surface area contributed by atoms with Gasteiger partial charge in [0.05, 0.1) is 30.4 Å². The maximum absolute atomic E-state index is 11.7. The molecule has 1 atom stereocenters. The average Bonchev–Trinajstić information content (AvgIpc) is 3.27. The van der Waals surface area contributed by atoms with Crippen LogP contribution in [-0.2, 0) is 11.3 Å². The van der Waals surface area contributed by atoms with Gasteiger partial charge in [0.25, 0.3) is 5.24 Å². The third-order valence-electron chi connectivity index (χ3n) is 4.51. The van der Waals surface area contributed by atoms with Crippen LogP contribution in [0.3, 0.4) is 0 Å². The average molecular weight is 434 g/mol. The maximum Gasteiger partial charge on any atom is 0.289 e. The Morgan fingerprint density at radius 1 is 1.17 bits per heavy atom. The van der Waals surface area contributed by atoms with Crippen LogP contribution in [0.2, 0.25) is 0 Å². The smallest absolute Gasteiger partial charge is 0.289 e. The second-order valence-electron chi connectivity index (χ2n) is 6.44. The van der Waals surface area contributed by atoms with Crippen molar-refractivity contribution < 1.29 is 19.1 Å². The van der Waals surface area contributed by atoms with Crippen LogP contribution in [0.25, 0.3) is 11.0 Å². The second-order valence-corrected chi connectivity index (χ2v) is 7.37. The lowest BCUT2D eigenvalue weighted by atomic mass is 10.2. The highest BCUT2D eigenvalue weighted by Gasteiger charge is 2.29. The Hall–Kier alpha value is -2.71. The first-order valence-electron chi connectivity index (χ1n) is 8.80. The minimum absolute atomic E-state index is 0. The molecule has 1 N–H and O–H groups in total. The van der Waals surface area contributed by atoms with E-state index in [2.05, 4.69) is 9.97 Å². The Kier molecular flexibility index (Phi) is 6.34. The number of halogens is 1. The van der Waals surface area contributed by atoms with E-state index >= 15 is 0 Å². The first kappa shape index (κ1) is 21.0. The van der Waals surface area contributed by atoms with Crippen LogP contribution in [0, 0.1) is 0 Å². The Balaban J connectivity index is 0.00000240. The number of aromatic amines is 1. The van der Waals surface area contributed by atoms with Crippen LogP contribution in [-0.4, -0.2) is 38.9 Å². The normalized spacial score (nSPS) is 14.8. The van der Waals surface area contributed by atoms with Crippen LogP contribution in [0.1, 0.15) is 24.4 Å². The maximum atomic E-state index is 11.7. The Labute approximate surface area is 178 Å². The lowest BCUT2D eigenvalue weighted by Crippen LogP contribution is -2.27. The van der Waals surface area contributed by atoms with Crippen LogP contribution in [0.15, 0.2) is 42.5 Å². The summed E-state index contributed by atoms with van der Waals surface area (Å²) >= 11 is 1.04. The highest BCUT2D eigenvalue weighted by atomic mass is 35.5. The number of benzene rings is 2. The molecule has 1 aliphatic rings. The van der Waals surface area contributed by atoms with E-state index in [4.69, 9.17) is 9.47 Å². The fraction of sp³-hybridized carbons (Fsp3) is 0.250. The number of fused-ring (bicyclic) bond motifs is 1. The van der Waals surface area contributed by atoms with Crippen molar-refractivity contribution in [1.82, 2.24) is 14.9 Å². The molecule has 2 aromatic carbocycles. The predicted octanol–water partition coefficient (Wildman–Crippen LogP) is 4.33. The molecule has 7 nitrogen and oxygen atoms in total. The van der Waals surface area contributed by atoms with Crippen LogP contribution in [0.5, 0.6) is 11.5 Å². The number of hydrogen-bond donors (Lipinski definition) is 1. The third kappa shape index (κ3) is 4.49. The van der Waals surface area contributed by atoms with Gasteiger partial charge >= 0.3 is 0 Å². The van der Waals surface area contributed by atoms with Crippen molar-refractivity contribution in [3.05, 3.63) is 53.9 Å². The summed E-state index contributed by atoms with van der Waals surface area (Å²) in [5.74, 6) is 2.24. The molecule has 2 heterocycles. The highest BCUT2D eigenvalue weighted by molar-refractivity contribution is 8.14. The molecule has 0 aliphatic carbocycles. The van der Waals surface area contributed by atoms with E-state index in [1.54, 1.807) is 7.11 Å². The molecule has 4 rings (SSSR count). The Morgan fingerprint density at radius 3 is 2.55 bits per heavy atom. The molecule has 2 amide bonds. The van der Waals surface area contributed by atoms with E-state index in [0.717, 1.165) is 39.9 Å². The lowest BCUT2D eigenvalue weighted by molar-refractivity contribution is -0.125. The van der Waals surface area contributed by atoms with Gasteiger partial charge in [-0.2, -0.15) is 0 Å². The number of ether oxygens (including phenoxy) is 2. The summed E-state index contributed by atoms with van der Waals surface area (Å²) in [6.07, 6.45) is -0.276. The topological polar surface area (TPSA) is 84.5 Å². The number of hydrogen-bond acceptors (Lipinski definition) is 6. The number of carbonyl (C=O) groups excluding carboxylic acids is 2. The first-order chi connectivity index (χ1) is 13.5. The molecule has 1 fully saturated rings. The van der Waals surface area contributed by atoms with Crippen molar-refractivity contribution in [2.45, 2.75) is 19.6 Å². The second kappa shape index (κ2) is 8.75. The Bertz CT molecular complexity index is 1020. The van der Waals surface area contributed by atoms with Crippen LogP contribution >= 0.6 is 24.2 Å². The van der Waals surface area contributed by atoms with Gasteiger partial charge in [0, 0.05) is 6.07 Å². The number of carbonyl (C=O) groups is 2. The summed E-state index contributed by atoms with van der Waals surface area (Å²) in [7, 11) is 1.63. The van der Waals surface area contributed by atoms with Crippen molar-refractivity contribution in [2.24, 2.45) is 0 Å². The van der Waals surface area contributed by atoms with Crippen LogP contribution in [0.4, 0.5) is 4.79 Å². The summed E-state index contributed by atoms with van der Waals surface area (Å²) in [5.41, 5.74) is 2.61. The molecule has 3 aromatic rings. The van der Waals surface area contributed by atoms with E-state index < -0.39 is 0 Å². The fourth-order valence-corrected chi connectivity index (χ4v) is 3.70. The molecule has 0 spiro atoms. The van der Waals surface area contributed by atoms with Gasteiger partial charge in [-0.1, -0.05) is 23.9 Å². The van der Waals surface area contributed by atoms with Crippen molar-refractivity contribution in [1.29, 1.82) is 0 Å². The number of aromatic nitrogens is 2. The molecule has 9 heteroatoms. The molecular weight excluding hydrogens is 414 g/mol. The zero-order valence-corrected chi connectivity index (χ0v) is 17.5. The standard InChI is InChI=1S/C20H19N3O4S.ClH/c1-12(19-21-16-8-7-15(26-2)9-17(16)22-19)27-14-5-3-13(4-6-14)10-23-18(24)11-28-20(23)25;/h3-9,12H,10-11H2,1-2H3,(H,21,22);1H. The van der Waals surface area contributed by atoms with Crippen molar-refractivity contribution in [2.75, 3.05) is 12.9 Å². The fourth-order valence-electron chi connectivity index (χ4n) is 2.98. The minimum Gasteiger partial charge on any atom is -0.497 e. The minimum atomic E-state index is -0.276. The van der Waals surface area contributed by atoms with E-state index in [-0.39, 0.29) is 42.0 Å². The summed E-state index contributed by atoms with van der Waals surface area (Å²) in [5, 5.41) is -0.194. The number of nitrogens with one attached hydrogen (secondary N) is 1. The molecule has 29 heavy (non-hydrogen) atoms. The number of imidazole rings is 1. The molecular formula is C20H20ClN3O4S. The zero-order valence-electron chi connectivity index (χ0n) is 15.9. The SMILES string of the molecule is COc1ccc2nc(C(C)Oc3ccc(CN4C(=O)CSC4=O)cc3)[nH]c2c1.Cl. The summed E-state index contributed by atoms with van der Waals surface area (Å²) < 4.78 is 11.2. The molecule has 1 aromatic heterocycles. The number of methoxy groups -OCH3 is 1. The largest absolute Gasteiger partial charge is 0.497 e. The summed E-state index contributed by atoms with van der Waals surface area (Å²) in [6, 6.07) is 13.0. The van der Waals surface area contributed by atoms with Gasteiger partial charge < -0.3 is 14.5 Å². The van der Waals surface area contributed by atoms with Gasteiger partial charge in [0.1, 0.15) is 17.3 Å². The predicted molar refractivity (Wildman–Crippen MR) is 114 cm³/mol. The van der Waals surface area contributed by atoms with Crippen molar-refractivity contribution in [3.63, 3.8) is 0 Å². The van der Waals surface area contributed by atoms with Gasteiger partial charge in [-0.15, -0.1) is 12.4 Å². The molecule has 1 aliphatic heterocycles. The van der Waals surface area contributed by atoms with E-state index in [1.807, 2.05) is 49.4 Å². The first-order valence-corrected chi connectivity index (χ1v) is 9.78. The molecule has 152 valence electrons. The molecule has 0 bridgehead atoms. The van der Waals surface area contributed by atoms with Gasteiger partial charge in [-0.3, -0.25) is 14.5 Å². The number of imide groups is 1. The number of thioether (sulfide) groups is 1. The lowest BCUT2D eigenvalue weighted by Gasteiger charge is -2.15. The van der Waals surface area contributed by atoms with Crippen molar-refractivity contribution in [3.8, 4) is 11.5 Å². The van der Waals surface area contributed by atoms with Gasteiger partial charge in [-0.05, 0) is 36.8 Å². The van der Waals surface area contributed by atoms with Crippen LogP contribution < -0.4 is 9.47 Å². The third-order valence-corrected chi connectivity index (χ3v) is 5.37. The zero-order chi connectivity index (χ0) is 19.7. The number of rotatable bonds is 6. The van der Waals surface area contributed by atoms with Gasteiger partial charge in [0.15, 0.2) is 6.10 Å². The molecule has 0 saturated carbocycles. The van der Waals surface area contributed by atoms with E-state index in [0.29, 0.717) is 5.75 Å². The number of H-pyrrole nitrogens is 1. The van der Waals surface area contributed by atoms with Gasteiger partial charge in [0.2, 0.25) is 5.91 Å². The Morgan fingerprint density at radius 2 is 1.90 bits per heavy atom. The number of amides is 2. The quantitative estimate of drug-likeness (QED) is 0.622. The molecule has 1 saturated heterocycles. The van der Waals surface area contributed by atoms with E-state index in [9.17, 15) is 9.59 Å². The molecule has 1 unspecified atom stereocenters. The highest BCUT2D eigenvalue weighted by Crippen LogP contribution is 2.26. The monoisotopic (exact) mass is 433 g/mol.